The lowest BCUT2D eigenvalue weighted by Gasteiger charge is -2.27. The van der Waals surface area contributed by atoms with E-state index < -0.39 is 0 Å². The molecule has 1 aromatic rings. The first-order chi connectivity index (χ1) is 9.84. The molecule has 3 nitrogen and oxygen atoms in total. The van der Waals surface area contributed by atoms with E-state index in [9.17, 15) is 9.90 Å². The first-order valence-electron chi connectivity index (χ1n) is 7.61. The van der Waals surface area contributed by atoms with Gasteiger partial charge in [0.05, 0.1) is 5.56 Å². The lowest BCUT2D eigenvalue weighted by molar-refractivity contribution is 0.104. The molecule has 0 aliphatic heterocycles. The molecule has 0 heterocycles. The molecule has 1 aromatic carbocycles. The highest BCUT2D eigenvalue weighted by atomic mass is 16.3. The second kappa shape index (κ2) is 6.15. The highest BCUT2D eigenvalue weighted by Crippen LogP contribution is 2.37. The maximum Gasteiger partial charge on any atom is 0.191 e. The number of benzene rings is 1. The van der Waals surface area contributed by atoms with Crippen molar-refractivity contribution in [1.82, 2.24) is 4.90 Å². The Morgan fingerprint density at radius 2 is 1.59 bits per heavy atom. The van der Waals surface area contributed by atoms with Crippen molar-refractivity contribution in [2.24, 2.45) is 0 Å². The van der Waals surface area contributed by atoms with Gasteiger partial charge in [0.25, 0.3) is 0 Å². The summed E-state index contributed by atoms with van der Waals surface area (Å²) in [6, 6.07) is 3.83. The molecule has 0 aliphatic carbocycles. The lowest BCUT2D eigenvalue weighted by atomic mass is 9.78. The van der Waals surface area contributed by atoms with Crippen molar-refractivity contribution in [2.45, 2.75) is 52.4 Å². The van der Waals surface area contributed by atoms with Crippen LogP contribution in [0.15, 0.2) is 24.4 Å². The SMILES string of the molecule is CN(C)C=CC(=O)c1cc(C(C)(C)C)cc(C(C)(C)C)c1O. The third kappa shape index (κ3) is 4.36. The van der Waals surface area contributed by atoms with Gasteiger partial charge in [-0.15, -0.1) is 0 Å². The second-order valence-corrected chi connectivity index (χ2v) is 8.06. The zero-order valence-electron chi connectivity index (χ0n) is 15.1. The average Bonchev–Trinajstić information content (AvgIpc) is 2.33. The first kappa shape index (κ1) is 18.3. The van der Waals surface area contributed by atoms with Gasteiger partial charge in [-0.2, -0.15) is 0 Å². The van der Waals surface area contributed by atoms with Gasteiger partial charge in [0, 0.05) is 31.9 Å². The predicted molar refractivity (Wildman–Crippen MR) is 92.7 cm³/mol. The quantitative estimate of drug-likeness (QED) is 0.670. The number of phenolic OH excluding ortho intramolecular Hbond substituents is 1. The minimum absolute atomic E-state index is 0.0893. The largest absolute Gasteiger partial charge is 0.507 e. The van der Waals surface area contributed by atoms with Crippen LogP contribution in [0, 0.1) is 0 Å². The highest BCUT2D eigenvalue weighted by molar-refractivity contribution is 6.07. The van der Waals surface area contributed by atoms with E-state index in [-0.39, 0.29) is 22.4 Å². The van der Waals surface area contributed by atoms with Crippen molar-refractivity contribution < 1.29 is 9.90 Å². The molecule has 0 spiro atoms. The van der Waals surface area contributed by atoms with Gasteiger partial charge >= 0.3 is 0 Å². The number of carbonyl (C=O) groups excluding carboxylic acids is 1. The summed E-state index contributed by atoms with van der Waals surface area (Å²) >= 11 is 0. The van der Waals surface area contributed by atoms with Crippen LogP contribution >= 0.6 is 0 Å². The van der Waals surface area contributed by atoms with Crippen LogP contribution in [0.1, 0.15) is 63.0 Å². The fraction of sp³-hybridized carbons (Fsp3) is 0.526. The van der Waals surface area contributed by atoms with Gasteiger partial charge in [-0.1, -0.05) is 47.6 Å². The summed E-state index contributed by atoms with van der Waals surface area (Å²) in [7, 11) is 3.71. The van der Waals surface area contributed by atoms with E-state index in [0.29, 0.717) is 5.56 Å². The number of hydrogen-bond acceptors (Lipinski definition) is 3. The Bertz CT molecular complexity index is 585. The van der Waals surface area contributed by atoms with E-state index in [4.69, 9.17) is 0 Å². The van der Waals surface area contributed by atoms with Crippen molar-refractivity contribution >= 4 is 5.78 Å². The Kier molecular flexibility index (Phi) is 5.11. The molecule has 0 aliphatic rings. The maximum absolute atomic E-state index is 12.5. The van der Waals surface area contributed by atoms with Gasteiger partial charge in [-0.25, -0.2) is 0 Å². The molecule has 1 rings (SSSR count). The van der Waals surface area contributed by atoms with E-state index in [1.807, 2.05) is 47.0 Å². The minimum Gasteiger partial charge on any atom is -0.507 e. The summed E-state index contributed by atoms with van der Waals surface area (Å²) in [5.41, 5.74) is 1.91. The number of carbonyl (C=O) groups is 1. The average molecular weight is 303 g/mol. The zero-order valence-corrected chi connectivity index (χ0v) is 15.1. The van der Waals surface area contributed by atoms with Crippen molar-refractivity contribution in [1.29, 1.82) is 0 Å². The van der Waals surface area contributed by atoms with E-state index in [2.05, 4.69) is 20.8 Å². The van der Waals surface area contributed by atoms with E-state index in [1.165, 1.54) is 6.08 Å². The molecule has 0 unspecified atom stereocenters. The molecule has 3 heteroatoms. The van der Waals surface area contributed by atoms with Gasteiger partial charge in [0.2, 0.25) is 0 Å². The van der Waals surface area contributed by atoms with Gasteiger partial charge < -0.3 is 10.0 Å². The molecule has 0 saturated heterocycles. The molecule has 0 fully saturated rings. The summed E-state index contributed by atoms with van der Waals surface area (Å²) < 4.78 is 0. The van der Waals surface area contributed by atoms with E-state index >= 15 is 0 Å². The maximum atomic E-state index is 12.5. The fourth-order valence-corrected chi connectivity index (χ4v) is 2.13. The summed E-state index contributed by atoms with van der Waals surface area (Å²) in [5.74, 6) is -0.0864. The molecular weight excluding hydrogens is 274 g/mol. The number of nitrogens with zero attached hydrogens (tertiary/aromatic N) is 1. The monoisotopic (exact) mass is 303 g/mol. The molecular formula is C19H29NO2. The number of allylic oxidation sites excluding steroid dienone is 1. The van der Waals surface area contributed by atoms with Crippen molar-refractivity contribution in [3.05, 3.63) is 41.1 Å². The van der Waals surface area contributed by atoms with Crippen molar-refractivity contribution in [3.8, 4) is 5.75 Å². The van der Waals surface area contributed by atoms with Crippen LogP contribution in [0.5, 0.6) is 5.75 Å². The zero-order chi connectivity index (χ0) is 17.3. The van der Waals surface area contributed by atoms with Crippen LogP contribution in [-0.4, -0.2) is 29.9 Å². The number of rotatable bonds is 3. The predicted octanol–water partition coefficient (Wildman–Crippen LogP) is 4.25. The lowest BCUT2D eigenvalue weighted by Crippen LogP contribution is -2.18. The Morgan fingerprint density at radius 1 is 1.05 bits per heavy atom. The van der Waals surface area contributed by atoms with Crippen LogP contribution in [0.2, 0.25) is 0 Å². The number of ketones is 1. The van der Waals surface area contributed by atoms with Gasteiger partial charge in [-0.05, 0) is 22.5 Å². The molecule has 0 radical (unpaired) electrons. The molecule has 0 amide bonds. The van der Waals surface area contributed by atoms with Crippen LogP contribution < -0.4 is 0 Å². The van der Waals surface area contributed by atoms with E-state index in [0.717, 1.165) is 11.1 Å². The molecule has 1 N–H and O–H groups in total. The third-order valence-electron chi connectivity index (χ3n) is 3.57. The Balaban J connectivity index is 3.53. The normalized spacial score (nSPS) is 12.7. The van der Waals surface area contributed by atoms with Gasteiger partial charge in [0.1, 0.15) is 5.75 Å². The molecule has 0 atom stereocenters. The minimum atomic E-state index is -0.231. The fourth-order valence-electron chi connectivity index (χ4n) is 2.13. The molecule has 0 saturated carbocycles. The highest BCUT2D eigenvalue weighted by Gasteiger charge is 2.26. The number of hydrogen-bond donors (Lipinski definition) is 1. The van der Waals surface area contributed by atoms with Gasteiger partial charge in [-0.3, -0.25) is 4.79 Å². The molecule has 0 aromatic heterocycles. The van der Waals surface area contributed by atoms with Crippen LogP contribution in [0.3, 0.4) is 0 Å². The molecule has 22 heavy (non-hydrogen) atoms. The smallest absolute Gasteiger partial charge is 0.191 e. The molecule has 0 bridgehead atoms. The number of aromatic hydroxyl groups is 1. The van der Waals surface area contributed by atoms with Crippen LogP contribution in [0.25, 0.3) is 0 Å². The van der Waals surface area contributed by atoms with Crippen LogP contribution in [-0.2, 0) is 10.8 Å². The Labute approximate surface area is 134 Å². The summed E-state index contributed by atoms with van der Waals surface area (Å²) in [6.07, 6.45) is 3.19. The standard InChI is InChI=1S/C19H29NO2/c1-18(2,3)13-11-14(16(21)9-10-20(7)8)17(22)15(12-13)19(4,5)6/h9-12,22H,1-8H3. The second-order valence-electron chi connectivity index (χ2n) is 8.06. The summed E-state index contributed by atoms with van der Waals surface area (Å²) in [5, 5.41) is 10.6. The topological polar surface area (TPSA) is 40.5 Å². The van der Waals surface area contributed by atoms with Crippen molar-refractivity contribution in [2.75, 3.05) is 14.1 Å². The van der Waals surface area contributed by atoms with Crippen LogP contribution in [0.4, 0.5) is 0 Å². The Hall–Kier alpha value is -1.77. The summed E-state index contributed by atoms with van der Waals surface area (Å²) in [4.78, 5) is 14.3. The van der Waals surface area contributed by atoms with E-state index in [1.54, 1.807) is 11.1 Å². The number of phenols is 1. The van der Waals surface area contributed by atoms with Crippen molar-refractivity contribution in [3.63, 3.8) is 0 Å². The first-order valence-corrected chi connectivity index (χ1v) is 7.61. The van der Waals surface area contributed by atoms with Gasteiger partial charge in [0.15, 0.2) is 5.78 Å². The molecule has 122 valence electrons. The Morgan fingerprint density at radius 3 is 2.00 bits per heavy atom. The third-order valence-corrected chi connectivity index (χ3v) is 3.57. The summed E-state index contributed by atoms with van der Waals surface area (Å²) in [6.45, 7) is 12.4.